The standard InChI is InChI=1S/C25H25F3N6O4/c1-4-29-21(35)17-8-15(9-30-22(17)37-3)18-7-14(2)19-20(32-18)24(5-6-38-13-24)34(23(19)36)16-10-31-33(11-16)12-25(26,27)28/h7-11H,4-6,12-13H2,1-3H3,(H,29,35)/t24-/m1/s1. The lowest BCUT2D eigenvalue weighted by atomic mass is 9.91. The van der Waals surface area contributed by atoms with Crippen molar-refractivity contribution in [1.82, 2.24) is 25.1 Å². The summed E-state index contributed by atoms with van der Waals surface area (Å²) in [6.07, 6.45) is -0.0699. The van der Waals surface area contributed by atoms with Gasteiger partial charge in [-0.1, -0.05) is 0 Å². The number of alkyl halides is 3. The number of nitrogens with one attached hydrogen (secondary N) is 1. The third kappa shape index (κ3) is 4.26. The van der Waals surface area contributed by atoms with Gasteiger partial charge >= 0.3 is 6.18 Å². The van der Waals surface area contributed by atoms with E-state index >= 15 is 0 Å². The summed E-state index contributed by atoms with van der Waals surface area (Å²) in [6.45, 7) is 3.18. The molecule has 0 bridgehead atoms. The van der Waals surface area contributed by atoms with E-state index in [2.05, 4.69) is 15.4 Å². The molecule has 1 N–H and O–H groups in total. The highest BCUT2D eigenvalue weighted by atomic mass is 19.4. The maximum Gasteiger partial charge on any atom is 0.408 e. The van der Waals surface area contributed by atoms with Gasteiger partial charge in [-0.2, -0.15) is 18.3 Å². The molecule has 2 amide bonds. The molecule has 200 valence electrons. The Kier molecular flexibility index (Phi) is 6.33. The van der Waals surface area contributed by atoms with Gasteiger partial charge in [0.1, 0.15) is 17.6 Å². The third-order valence-corrected chi connectivity index (χ3v) is 6.64. The maximum atomic E-state index is 13.7. The Morgan fingerprint density at radius 1 is 1.29 bits per heavy atom. The highest BCUT2D eigenvalue weighted by Gasteiger charge is 2.55. The van der Waals surface area contributed by atoms with Crippen molar-refractivity contribution in [3.63, 3.8) is 0 Å². The molecular formula is C25H25F3N6O4. The zero-order valence-corrected chi connectivity index (χ0v) is 20.9. The highest BCUT2D eigenvalue weighted by molar-refractivity contribution is 6.12. The molecule has 0 radical (unpaired) electrons. The number of amides is 2. The summed E-state index contributed by atoms with van der Waals surface area (Å²) >= 11 is 0. The van der Waals surface area contributed by atoms with Crippen LogP contribution < -0.4 is 15.0 Å². The van der Waals surface area contributed by atoms with Crippen LogP contribution in [0.4, 0.5) is 18.9 Å². The van der Waals surface area contributed by atoms with E-state index in [1.165, 1.54) is 30.6 Å². The van der Waals surface area contributed by atoms with Gasteiger partial charge in [-0.3, -0.25) is 19.2 Å². The first-order chi connectivity index (χ1) is 18.1. The van der Waals surface area contributed by atoms with Crippen LogP contribution in [-0.4, -0.2) is 64.6 Å². The number of ether oxygens (including phenoxy) is 2. The molecule has 5 rings (SSSR count). The molecule has 0 aromatic carbocycles. The van der Waals surface area contributed by atoms with E-state index in [1.807, 2.05) is 0 Å². The second kappa shape index (κ2) is 9.39. The van der Waals surface area contributed by atoms with Crippen molar-refractivity contribution in [3.05, 3.63) is 53.1 Å². The van der Waals surface area contributed by atoms with Crippen LogP contribution in [0.3, 0.4) is 0 Å². The molecule has 1 atom stereocenters. The van der Waals surface area contributed by atoms with Gasteiger partial charge in [0.25, 0.3) is 11.8 Å². The summed E-state index contributed by atoms with van der Waals surface area (Å²) in [5.41, 5.74) is 1.94. The molecule has 1 spiro atoms. The smallest absolute Gasteiger partial charge is 0.408 e. The monoisotopic (exact) mass is 530 g/mol. The molecule has 3 aromatic heterocycles. The van der Waals surface area contributed by atoms with Crippen LogP contribution in [0.25, 0.3) is 11.3 Å². The SMILES string of the molecule is CCNC(=O)c1cc(-c2cc(C)c3c(n2)[C@]2(CCOC2)N(c2cnn(CC(F)(F)F)c2)C3=O)cnc1OC. The minimum Gasteiger partial charge on any atom is -0.480 e. The molecule has 3 aromatic rings. The number of methoxy groups -OCH3 is 1. The maximum absolute atomic E-state index is 13.7. The second-order valence-corrected chi connectivity index (χ2v) is 9.17. The van der Waals surface area contributed by atoms with Gasteiger partial charge in [-0.15, -0.1) is 0 Å². The first-order valence-electron chi connectivity index (χ1n) is 11.9. The molecule has 5 heterocycles. The average Bonchev–Trinajstić information content (AvgIpc) is 3.58. The molecule has 13 heteroatoms. The van der Waals surface area contributed by atoms with Gasteiger partial charge < -0.3 is 14.8 Å². The number of carbonyl (C=O) groups is 2. The molecule has 2 aliphatic heterocycles. The van der Waals surface area contributed by atoms with Crippen molar-refractivity contribution >= 4 is 17.5 Å². The predicted molar refractivity (Wildman–Crippen MR) is 129 cm³/mol. The van der Waals surface area contributed by atoms with Crippen molar-refractivity contribution in [2.75, 3.05) is 31.8 Å². The molecule has 10 nitrogen and oxygen atoms in total. The fourth-order valence-electron chi connectivity index (χ4n) is 5.03. The molecule has 0 unspecified atom stereocenters. The molecular weight excluding hydrogens is 505 g/mol. The van der Waals surface area contributed by atoms with Gasteiger partial charge in [-0.25, -0.2) is 9.97 Å². The van der Waals surface area contributed by atoms with Crippen molar-refractivity contribution < 1.29 is 32.2 Å². The number of rotatable bonds is 6. The number of hydrogen-bond donors (Lipinski definition) is 1. The Morgan fingerprint density at radius 2 is 2.08 bits per heavy atom. The number of fused-ring (bicyclic) bond motifs is 2. The lowest BCUT2D eigenvalue weighted by Gasteiger charge is -2.32. The number of aryl methyl sites for hydroxylation is 1. The van der Waals surface area contributed by atoms with E-state index in [0.717, 1.165) is 4.68 Å². The van der Waals surface area contributed by atoms with Crippen LogP contribution in [0.5, 0.6) is 5.88 Å². The number of anilines is 1. The van der Waals surface area contributed by atoms with Crippen LogP contribution in [0.2, 0.25) is 0 Å². The van der Waals surface area contributed by atoms with E-state index in [9.17, 15) is 22.8 Å². The second-order valence-electron chi connectivity index (χ2n) is 9.17. The highest BCUT2D eigenvalue weighted by Crippen LogP contribution is 2.48. The normalized spacial score (nSPS) is 18.8. The average molecular weight is 531 g/mol. The van der Waals surface area contributed by atoms with Crippen LogP contribution in [0, 0.1) is 6.92 Å². The van der Waals surface area contributed by atoms with Crippen molar-refractivity contribution in [2.45, 2.75) is 38.5 Å². The first kappa shape index (κ1) is 25.6. The van der Waals surface area contributed by atoms with Gasteiger partial charge in [-0.05, 0) is 31.5 Å². The zero-order chi connectivity index (χ0) is 27.2. The number of aromatic nitrogens is 4. The minimum absolute atomic E-state index is 0.122. The Morgan fingerprint density at radius 3 is 2.74 bits per heavy atom. The summed E-state index contributed by atoms with van der Waals surface area (Å²) in [7, 11) is 1.42. The predicted octanol–water partition coefficient (Wildman–Crippen LogP) is 3.25. The molecule has 38 heavy (non-hydrogen) atoms. The van der Waals surface area contributed by atoms with Crippen molar-refractivity contribution in [3.8, 4) is 17.1 Å². The molecule has 0 saturated carbocycles. The first-order valence-corrected chi connectivity index (χ1v) is 11.9. The van der Waals surface area contributed by atoms with Crippen LogP contribution in [0.1, 0.15) is 45.3 Å². The summed E-state index contributed by atoms with van der Waals surface area (Å²) < 4.78 is 50.5. The lowest BCUT2D eigenvalue weighted by molar-refractivity contribution is -0.142. The fraction of sp³-hybridized carbons (Fsp3) is 0.400. The molecule has 1 saturated heterocycles. The summed E-state index contributed by atoms with van der Waals surface area (Å²) in [4.78, 5) is 36.9. The van der Waals surface area contributed by atoms with Crippen LogP contribution in [0.15, 0.2) is 30.7 Å². The molecule has 1 fully saturated rings. The number of hydrogen-bond acceptors (Lipinski definition) is 7. The van der Waals surface area contributed by atoms with Gasteiger partial charge in [0.2, 0.25) is 5.88 Å². The number of nitrogens with zero attached hydrogens (tertiary/aromatic N) is 5. The fourth-order valence-corrected chi connectivity index (χ4v) is 5.03. The topological polar surface area (TPSA) is 111 Å². The minimum atomic E-state index is -4.46. The third-order valence-electron chi connectivity index (χ3n) is 6.64. The summed E-state index contributed by atoms with van der Waals surface area (Å²) in [6, 6.07) is 3.35. The van der Waals surface area contributed by atoms with E-state index in [0.29, 0.717) is 47.7 Å². The Hall–Kier alpha value is -4.00. The van der Waals surface area contributed by atoms with Gasteiger partial charge in [0, 0.05) is 37.5 Å². The molecule has 0 aliphatic carbocycles. The quantitative estimate of drug-likeness (QED) is 0.521. The van der Waals surface area contributed by atoms with Crippen molar-refractivity contribution in [1.29, 1.82) is 0 Å². The number of carbonyl (C=O) groups excluding carboxylic acids is 2. The Bertz CT molecular complexity index is 1410. The number of pyridine rings is 2. The Balaban J connectivity index is 1.60. The van der Waals surface area contributed by atoms with E-state index < -0.39 is 18.3 Å². The summed E-state index contributed by atoms with van der Waals surface area (Å²) in [5.74, 6) is -0.575. The van der Waals surface area contributed by atoms with Crippen LogP contribution in [-0.2, 0) is 16.8 Å². The van der Waals surface area contributed by atoms with E-state index in [1.54, 1.807) is 26.0 Å². The van der Waals surface area contributed by atoms with Crippen LogP contribution >= 0.6 is 0 Å². The number of halogens is 3. The largest absolute Gasteiger partial charge is 0.480 e. The van der Waals surface area contributed by atoms with Crippen molar-refractivity contribution in [2.24, 2.45) is 0 Å². The van der Waals surface area contributed by atoms with E-state index in [4.69, 9.17) is 14.5 Å². The molecule has 2 aliphatic rings. The zero-order valence-electron chi connectivity index (χ0n) is 20.9. The summed E-state index contributed by atoms with van der Waals surface area (Å²) in [5, 5.41) is 6.55. The lowest BCUT2D eigenvalue weighted by Crippen LogP contribution is -2.45. The Labute approximate surface area is 215 Å². The van der Waals surface area contributed by atoms with Gasteiger partial charge in [0.05, 0.1) is 42.6 Å². The van der Waals surface area contributed by atoms with E-state index in [-0.39, 0.29) is 35.6 Å². The van der Waals surface area contributed by atoms with Gasteiger partial charge in [0.15, 0.2) is 0 Å².